The van der Waals surface area contributed by atoms with Gasteiger partial charge in [-0.25, -0.2) is 0 Å². The highest BCUT2D eigenvalue weighted by Crippen LogP contribution is 1.81. The third kappa shape index (κ3) is 4.29. The van der Waals surface area contributed by atoms with Crippen LogP contribution >= 0.6 is 22.9 Å². The second-order valence-electron chi connectivity index (χ2n) is 0.729. The van der Waals surface area contributed by atoms with Gasteiger partial charge >= 0.3 is 0 Å². The monoisotopic (exact) mass is 199 g/mol. The summed E-state index contributed by atoms with van der Waals surface area (Å²) < 4.78 is 3.44. The molecular formula is C2H6IN3. The van der Waals surface area contributed by atoms with Crippen molar-refractivity contribution in [3.05, 3.63) is 0 Å². The summed E-state index contributed by atoms with van der Waals surface area (Å²) in [7, 11) is 0. The van der Waals surface area contributed by atoms with Gasteiger partial charge in [-0.1, -0.05) is 0 Å². The Balaban J connectivity index is 2.66. The lowest BCUT2D eigenvalue weighted by atomic mass is 10.7. The van der Waals surface area contributed by atoms with E-state index in [2.05, 4.69) is 8.44 Å². The van der Waals surface area contributed by atoms with E-state index >= 15 is 0 Å². The molecule has 0 aliphatic rings. The molecule has 0 bridgehead atoms. The number of nitrogens with two attached hydrogens (primary N) is 1. The highest BCUT2D eigenvalue weighted by Gasteiger charge is 1.66. The molecule has 0 atom stereocenters. The second-order valence-corrected chi connectivity index (χ2v) is 1.16. The van der Waals surface area contributed by atoms with Crippen LogP contribution in [-0.4, -0.2) is 13.1 Å². The topological polar surface area (TPSA) is 50.7 Å². The quantitative estimate of drug-likeness (QED) is 0.517. The summed E-state index contributed by atoms with van der Waals surface area (Å²) in [5.74, 6) is 0. The van der Waals surface area contributed by atoms with Crippen LogP contribution < -0.4 is 5.73 Å². The van der Waals surface area contributed by atoms with Crippen LogP contribution in [0.5, 0.6) is 0 Å². The van der Waals surface area contributed by atoms with Gasteiger partial charge in [-0.05, 0) is 0 Å². The van der Waals surface area contributed by atoms with Crippen molar-refractivity contribution in [3.8, 4) is 0 Å². The molecular weight excluding hydrogens is 193 g/mol. The Morgan fingerprint density at radius 2 is 2.33 bits per heavy atom. The van der Waals surface area contributed by atoms with E-state index in [9.17, 15) is 0 Å². The van der Waals surface area contributed by atoms with Gasteiger partial charge in [0.2, 0.25) is 0 Å². The van der Waals surface area contributed by atoms with Crippen molar-refractivity contribution < 1.29 is 0 Å². The Labute approximate surface area is 50.5 Å². The minimum Gasteiger partial charge on any atom is -0.329 e. The van der Waals surface area contributed by atoms with Crippen LogP contribution in [0.3, 0.4) is 0 Å². The minimum absolute atomic E-state index is 0.590. The van der Waals surface area contributed by atoms with Crippen LogP contribution in [0.4, 0.5) is 0 Å². The molecule has 0 aliphatic carbocycles. The lowest BCUT2D eigenvalue weighted by molar-refractivity contribution is 0.936. The van der Waals surface area contributed by atoms with Gasteiger partial charge in [0.05, 0.1) is 6.54 Å². The van der Waals surface area contributed by atoms with E-state index in [1.54, 1.807) is 0 Å². The standard InChI is InChI=1S/C2H6IN3/c3-6-5-2-1-4/h1-2,4H2. The van der Waals surface area contributed by atoms with Crippen LogP contribution in [0.1, 0.15) is 0 Å². The van der Waals surface area contributed by atoms with Crippen molar-refractivity contribution >= 4 is 22.9 Å². The molecule has 0 aromatic heterocycles. The second kappa shape index (κ2) is 5.29. The molecule has 0 spiro atoms. The van der Waals surface area contributed by atoms with Gasteiger partial charge < -0.3 is 5.73 Å². The van der Waals surface area contributed by atoms with Gasteiger partial charge in [-0.15, -0.1) is 3.33 Å². The molecule has 0 aliphatic heterocycles. The molecule has 0 heterocycles. The summed E-state index contributed by atoms with van der Waals surface area (Å²) in [4.78, 5) is 0. The van der Waals surface area contributed by atoms with Gasteiger partial charge in [0.1, 0.15) is 22.9 Å². The molecule has 0 radical (unpaired) electrons. The summed E-state index contributed by atoms with van der Waals surface area (Å²) in [6, 6.07) is 0. The Morgan fingerprint density at radius 3 is 2.50 bits per heavy atom. The van der Waals surface area contributed by atoms with Gasteiger partial charge in [0, 0.05) is 6.54 Å². The maximum atomic E-state index is 5.06. The van der Waals surface area contributed by atoms with E-state index in [1.807, 2.05) is 22.9 Å². The summed E-state index contributed by atoms with van der Waals surface area (Å²) in [5.41, 5.74) is 5.06. The van der Waals surface area contributed by atoms with Crippen molar-refractivity contribution in [1.82, 2.24) is 0 Å². The van der Waals surface area contributed by atoms with Crippen LogP contribution in [0.15, 0.2) is 8.44 Å². The van der Waals surface area contributed by atoms with Crippen molar-refractivity contribution in [2.24, 2.45) is 14.2 Å². The Kier molecular flexibility index (Phi) is 5.55. The lowest BCUT2D eigenvalue weighted by Gasteiger charge is -1.76. The third-order valence-electron chi connectivity index (χ3n) is 0.283. The van der Waals surface area contributed by atoms with E-state index < -0.39 is 0 Å². The molecule has 0 unspecified atom stereocenters. The first-order chi connectivity index (χ1) is 2.91. The average molecular weight is 199 g/mol. The van der Waals surface area contributed by atoms with Gasteiger partial charge in [-0.3, -0.25) is 0 Å². The molecule has 4 heteroatoms. The van der Waals surface area contributed by atoms with Crippen molar-refractivity contribution in [2.45, 2.75) is 0 Å². The van der Waals surface area contributed by atoms with E-state index in [1.165, 1.54) is 0 Å². The fourth-order valence-electron chi connectivity index (χ4n) is 0.0955. The van der Waals surface area contributed by atoms with Crippen LogP contribution in [0.25, 0.3) is 0 Å². The largest absolute Gasteiger partial charge is 0.329 e. The highest BCUT2D eigenvalue weighted by atomic mass is 127. The van der Waals surface area contributed by atoms with Crippen LogP contribution in [-0.2, 0) is 0 Å². The van der Waals surface area contributed by atoms with Crippen molar-refractivity contribution in [3.63, 3.8) is 0 Å². The zero-order chi connectivity index (χ0) is 4.83. The fourth-order valence-corrected chi connectivity index (χ4v) is 0.311. The average Bonchev–Trinajstić information content (AvgIpc) is 1.61. The predicted octanol–water partition coefficient (Wildman–Crippen LogP) is 0.747. The lowest BCUT2D eigenvalue weighted by Crippen LogP contribution is -2.00. The summed E-state index contributed by atoms with van der Waals surface area (Å²) in [6.07, 6.45) is 0. The molecule has 0 aromatic rings. The van der Waals surface area contributed by atoms with Gasteiger partial charge in [0.25, 0.3) is 0 Å². The van der Waals surface area contributed by atoms with Gasteiger partial charge in [0.15, 0.2) is 0 Å². The molecule has 0 amide bonds. The maximum Gasteiger partial charge on any atom is 0.111 e. The number of rotatable bonds is 2. The Bertz CT molecular complexity index is 44.1. The number of halogens is 1. The molecule has 36 valence electrons. The Hall–Kier alpha value is 0.290. The van der Waals surface area contributed by atoms with E-state index in [0.29, 0.717) is 13.1 Å². The van der Waals surface area contributed by atoms with Crippen LogP contribution in [0.2, 0.25) is 0 Å². The van der Waals surface area contributed by atoms with E-state index in [0.717, 1.165) is 0 Å². The molecule has 0 saturated carbocycles. The number of hydrogen-bond donors (Lipinski definition) is 1. The highest BCUT2D eigenvalue weighted by molar-refractivity contribution is 14.1. The molecule has 0 rings (SSSR count). The van der Waals surface area contributed by atoms with Crippen LogP contribution in [0, 0.1) is 0 Å². The zero-order valence-electron chi connectivity index (χ0n) is 3.26. The first kappa shape index (κ1) is 6.29. The Morgan fingerprint density at radius 1 is 1.67 bits per heavy atom. The van der Waals surface area contributed by atoms with Crippen molar-refractivity contribution in [2.75, 3.05) is 13.1 Å². The molecule has 0 aromatic carbocycles. The SMILES string of the molecule is NCCN=NI. The van der Waals surface area contributed by atoms with Gasteiger partial charge in [-0.2, -0.15) is 5.11 Å². The molecule has 3 nitrogen and oxygen atoms in total. The predicted molar refractivity (Wildman–Crippen MR) is 32.8 cm³/mol. The summed E-state index contributed by atoms with van der Waals surface area (Å²) in [6.45, 7) is 1.23. The smallest absolute Gasteiger partial charge is 0.111 e. The third-order valence-corrected chi connectivity index (χ3v) is 0.588. The number of hydrogen-bond acceptors (Lipinski definition) is 3. The normalized spacial score (nSPS) is 10.3. The molecule has 0 saturated heterocycles. The number of nitrogens with zero attached hydrogens (tertiary/aromatic N) is 2. The summed E-state index contributed by atoms with van der Waals surface area (Å²) >= 11 is 1.81. The van der Waals surface area contributed by atoms with Crippen molar-refractivity contribution in [1.29, 1.82) is 0 Å². The zero-order valence-corrected chi connectivity index (χ0v) is 5.42. The molecule has 6 heavy (non-hydrogen) atoms. The van der Waals surface area contributed by atoms with E-state index in [4.69, 9.17) is 5.73 Å². The first-order valence-electron chi connectivity index (χ1n) is 1.59. The molecule has 2 N–H and O–H groups in total. The summed E-state index contributed by atoms with van der Waals surface area (Å²) in [5, 5.41) is 3.58. The van der Waals surface area contributed by atoms with E-state index in [-0.39, 0.29) is 0 Å². The molecule has 0 fully saturated rings. The minimum atomic E-state index is 0.590. The fraction of sp³-hybridized carbons (Fsp3) is 1.00. The maximum absolute atomic E-state index is 5.06. The first-order valence-corrected chi connectivity index (χ1v) is 2.56.